The first kappa shape index (κ1) is 16.9. The number of nitrogens with zero attached hydrogens (tertiary/aromatic N) is 2. The topological polar surface area (TPSA) is 57.7 Å². The van der Waals surface area contributed by atoms with Gasteiger partial charge in [-0.2, -0.15) is 0 Å². The van der Waals surface area contributed by atoms with E-state index in [1.165, 1.54) is 36.6 Å². The molecular weight excluding hydrogens is 335 g/mol. The number of fused-ring (bicyclic) bond motifs is 2. The molecule has 0 aromatic heterocycles. The Balaban J connectivity index is 1.40. The lowest BCUT2D eigenvalue weighted by Gasteiger charge is -2.36. The zero-order valence-corrected chi connectivity index (χ0v) is 14.5. The normalized spacial score (nSPS) is 22.2. The van der Waals surface area contributed by atoms with Crippen molar-refractivity contribution < 1.29 is 18.8 Å². The zero-order valence-electron chi connectivity index (χ0n) is 14.5. The zero-order chi connectivity index (χ0) is 18.3. The summed E-state index contributed by atoms with van der Waals surface area (Å²) >= 11 is 0. The van der Waals surface area contributed by atoms with Gasteiger partial charge < -0.3 is 4.90 Å². The van der Waals surface area contributed by atoms with Crippen LogP contribution in [0.1, 0.15) is 52.8 Å². The van der Waals surface area contributed by atoms with Crippen LogP contribution in [0.25, 0.3) is 0 Å². The van der Waals surface area contributed by atoms with Gasteiger partial charge in [-0.15, -0.1) is 0 Å². The van der Waals surface area contributed by atoms with Crippen molar-refractivity contribution >= 4 is 17.7 Å². The van der Waals surface area contributed by atoms with Gasteiger partial charge in [0.25, 0.3) is 11.8 Å². The average Bonchev–Trinajstić information content (AvgIpc) is 2.91. The van der Waals surface area contributed by atoms with Gasteiger partial charge in [0.15, 0.2) is 0 Å². The van der Waals surface area contributed by atoms with Crippen LogP contribution in [-0.4, -0.2) is 47.2 Å². The first-order valence-corrected chi connectivity index (χ1v) is 9.17. The molecule has 5 nitrogen and oxygen atoms in total. The number of amides is 3. The van der Waals surface area contributed by atoms with Crippen LogP contribution < -0.4 is 0 Å². The standard InChI is InChI=1S/C20H21FN2O3/c21-16-7-3-6-15-18(16)20(26)23(19(15)25)11-9-17(24)22-10-8-13-4-1-2-5-14(13)12-22/h3,5-7,13H,1-2,4,8-12H2. The summed E-state index contributed by atoms with van der Waals surface area (Å²) in [6.07, 6.45) is 6.81. The van der Waals surface area contributed by atoms with E-state index in [2.05, 4.69) is 6.08 Å². The number of hydrogen-bond donors (Lipinski definition) is 0. The molecule has 1 atom stereocenters. The minimum Gasteiger partial charge on any atom is -0.339 e. The Morgan fingerprint density at radius 3 is 2.85 bits per heavy atom. The summed E-state index contributed by atoms with van der Waals surface area (Å²) in [7, 11) is 0. The molecule has 136 valence electrons. The van der Waals surface area contributed by atoms with Crippen LogP contribution in [0.4, 0.5) is 4.39 Å². The van der Waals surface area contributed by atoms with Crippen molar-refractivity contribution in [1.82, 2.24) is 9.80 Å². The molecule has 0 radical (unpaired) electrons. The van der Waals surface area contributed by atoms with Crippen molar-refractivity contribution in [1.29, 1.82) is 0 Å². The largest absolute Gasteiger partial charge is 0.339 e. The van der Waals surface area contributed by atoms with Gasteiger partial charge in [-0.1, -0.05) is 17.7 Å². The number of piperidine rings is 1. The quantitative estimate of drug-likeness (QED) is 0.618. The average molecular weight is 356 g/mol. The Kier molecular flexibility index (Phi) is 4.34. The van der Waals surface area contributed by atoms with Crippen LogP contribution in [0.15, 0.2) is 29.8 Å². The molecule has 0 bridgehead atoms. The van der Waals surface area contributed by atoms with Gasteiger partial charge in [-0.25, -0.2) is 4.39 Å². The summed E-state index contributed by atoms with van der Waals surface area (Å²) < 4.78 is 13.9. The second-order valence-electron chi connectivity index (χ2n) is 7.19. The van der Waals surface area contributed by atoms with Crippen LogP contribution >= 0.6 is 0 Å². The van der Waals surface area contributed by atoms with E-state index in [0.717, 1.165) is 24.3 Å². The van der Waals surface area contributed by atoms with Gasteiger partial charge in [0.05, 0.1) is 11.1 Å². The minimum atomic E-state index is -0.694. The molecule has 3 amide bonds. The molecule has 1 aromatic rings. The number of halogens is 1. The Bertz CT molecular complexity index is 817. The second-order valence-corrected chi connectivity index (χ2v) is 7.19. The molecule has 0 N–H and O–H groups in total. The fourth-order valence-corrected chi connectivity index (χ4v) is 4.21. The third kappa shape index (κ3) is 2.83. The van der Waals surface area contributed by atoms with Crippen molar-refractivity contribution in [3.63, 3.8) is 0 Å². The molecule has 4 rings (SSSR count). The number of rotatable bonds is 3. The minimum absolute atomic E-state index is 0.0103. The summed E-state index contributed by atoms with van der Waals surface area (Å²) in [5, 5.41) is 0. The highest BCUT2D eigenvalue weighted by Crippen LogP contribution is 2.32. The van der Waals surface area contributed by atoms with E-state index in [0.29, 0.717) is 12.5 Å². The highest BCUT2D eigenvalue weighted by molar-refractivity contribution is 6.21. The molecule has 0 spiro atoms. The highest BCUT2D eigenvalue weighted by atomic mass is 19.1. The smallest absolute Gasteiger partial charge is 0.264 e. The molecule has 26 heavy (non-hydrogen) atoms. The Labute approximate surface area is 151 Å². The summed E-state index contributed by atoms with van der Waals surface area (Å²) in [4.78, 5) is 40.0. The molecule has 1 unspecified atom stereocenters. The number of allylic oxidation sites excluding steroid dienone is 1. The van der Waals surface area contributed by atoms with Crippen LogP contribution in [0.5, 0.6) is 0 Å². The first-order chi connectivity index (χ1) is 12.6. The number of hydrogen-bond acceptors (Lipinski definition) is 3. The monoisotopic (exact) mass is 356 g/mol. The molecule has 2 aliphatic heterocycles. The lowest BCUT2D eigenvalue weighted by atomic mass is 9.82. The summed E-state index contributed by atoms with van der Waals surface area (Å²) in [6, 6.07) is 4.03. The lowest BCUT2D eigenvalue weighted by molar-refractivity contribution is -0.131. The maximum absolute atomic E-state index is 13.9. The van der Waals surface area contributed by atoms with E-state index in [4.69, 9.17) is 0 Å². The van der Waals surface area contributed by atoms with Crippen molar-refractivity contribution in [3.8, 4) is 0 Å². The molecule has 3 aliphatic rings. The summed E-state index contributed by atoms with van der Waals surface area (Å²) in [6.45, 7) is 1.36. The van der Waals surface area contributed by atoms with E-state index in [1.807, 2.05) is 4.90 Å². The van der Waals surface area contributed by atoms with Crippen LogP contribution in [0.2, 0.25) is 0 Å². The van der Waals surface area contributed by atoms with Gasteiger partial charge in [0, 0.05) is 26.1 Å². The molecule has 0 saturated carbocycles. The number of likely N-dealkylation sites (tertiary alicyclic amines) is 1. The maximum Gasteiger partial charge on any atom is 0.264 e. The second kappa shape index (κ2) is 6.67. The van der Waals surface area contributed by atoms with E-state index in [9.17, 15) is 18.8 Å². The third-order valence-corrected chi connectivity index (χ3v) is 5.66. The van der Waals surface area contributed by atoms with Gasteiger partial charge in [0.1, 0.15) is 5.82 Å². The van der Waals surface area contributed by atoms with Crippen LogP contribution in [0.3, 0.4) is 0 Å². The van der Waals surface area contributed by atoms with Gasteiger partial charge in [-0.3, -0.25) is 19.3 Å². The SMILES string of the molecule is O=C(CCN1C(=O)c2cccc(F)c2C1=O)N1CCC2CCCC=C2C1. The summed E-state index contributed by atoms with van der Waals surface area (Å²) in [5.41, 5.74) is 1.24. The molecule has 1 aromatic carbocycles. The van der Waals surface area contributed by atoms with Crippen molar-refractivity contribution in [2.75, 3.05) is 19.6 Å². The fourth-order valence-electron chi connectivity index (χ4n) is 4.21. The van der Waals surface area contributed by atoms with Crippen molar-refractivity contribution in [2.45, 2.75) is 32.1 Å². The highest BCUT2D eigenvalue weighted by Gasteiger charge is 2.38. The first-order valence-electron chi connectivity index (χ1n) is 9.17. The van der Waals surface area contributed by atoms with Crippen molar-refractivity contribution in [2.24, 2.45) is 5.92 Å². The van der Waals surface area contributed by atoms with E-state index in [-0.39, 0.29) is 30.0 Å². The van der Waals surface area contributed by atoms with E-state index >= 15 is 0 Å². The van der Waals surface area contributed by atoms with E-state index < -0.39 is 17.6 Å². The third-order valence-electron chi connectivity index (χ3n) is 5.66. The number of imide groups is 1. The van der Waals surface area contributed by atoms with Crippen molar-refractivity contribution in [3.05, 3.63) is 46.8 Å². The Hall–Kier alpha value is -2.50. The van der Waals surface area contributed by atoms with Crippen LogP contribution in [-0.2, 0) is 4.79 Å². The Morgan fingerprint density at radius 1 is 1.19 bits per heavy atom. The predicted octanol–water partition coefficient (Wildman–Crippen LogP) is 2.77. The van der Waals surface area contributed by atoms with E-state index in [1.54, 1.807) is 0 Å². The fraction of sp³-hybridized carbons (Fsp3) is 0.450. The number of carbonyl (C=O) groups is 3. The van der Waals surface area contributed by atoms with Gasteiger partial charge >= 0.3 is 0 Å². The predicted molar refractivity (Wildman–Crippen MR) is 93.0 cm³/mol. The summed E-state index contributed by atoms with van der Waals surface area (Å²) in [5.74, 6) is -1.32. The molecule has 1 saturated heterocycles. The lowest BCUT2D eigenvalue weighted by Crippen LogP contribution is -2.42. The molecule has 6 heteroatoms. The number of benzene rings is 1. The maximum atomic E-state index is 13.9. The molecular formula is C20H21FN2O3. The van der Waals surface area contributed by atoms with Gasteiger partial charge in [-0.05, 0) is 43.7 Å². The Morgan fingerprint density at radius 2 is 2.04 bits per heavy atom. The molecule has 1 aliphatic carbocycles. The molecule has 1 fully saturated rings. The van der Waals surface area contributed by atoms with Gasteiger partial charge in [0.2, 0.25) is 5.91 Å². The van der Waals surface area contributed by atoms with Crippen LogP contribution in [0, 0.1) is 11.7 Å². The number of carbonyl (C=O) groups excluding carboxylic acids is 3. The molecule has 2 heterocycles.